The van der Waals surface area contributed by atoms with Crippen molar-refractivity contribution >= 4 is 5.91 Å². The third-order valence-corrected chi connectivity index (χ3v) is 5.51. The van der Waals surface area contributed by atoms with Crippen LogP contribution in [-0.2, 0) is 13.0 Å². The number of aromatic amines is 1. The van der Waals surface area contributed by atoms with E-state index in [-0.39, 0.29) is 5.91 Å². The second-order valence-corrected chi connectivity index (χ2v) is 6.71. The van der Waals surface area contributed by atoms with Crippen LogP contribution in [0.15, 0.2) is 0 Å². The molecule has 5 nitrogen and oxygen atoms in total. The molecule has 21 heavy (non-hydrogen) atoms. The van der Waals surface area contributed by atoms with Crippen molar-refractivity contribution in [1.29, 1.82) is 0 Å². The molecule has 2 atom stereocenters. The number of nitrogens with zero attached hydrogens (tertiary/aromatic N) is 2. The molecule has 1 saturated carbocycles. The third kappa shape index (κ3) is 2.27. The quantitative estimate of drug-likeness (QED) is 0.829. The van der Waals surface area contributed by atoms with Crippen LogP contribution in [0.5, 0.6) is 0 Å². The molecule has 0 radical (unpaired) electrons. The molecule has 1 aromatic heterocycles. The number of fused-ring (bicyclic) bond motifs is 2. The van der Waals surface area contributed by atoms with Gasteiger partial charge in [-0.05, 0) is 31.6 Å². The first-order chi connectivity index (χ1) is 10.3. The van der Waals surface area contributed by atoms with Crippen LogP contribution in [0.1, 0.15) is 60.3 Å². The Morgan fingerprint density at radius 2 is 2.05 bits per heavy atom. The molecule has 1 aliphatic carbocycles. The molecule has 4 rings (SSSR count). The van der Waals surface area contributed by atoms with Crippen LogP contribution < -0.4 is 5.32 Å². The Kier molecular flexibility index (Phi) is 3.45. The molecular formula is C16H24N4O. The fraction of sp³-hybridized carbons (Fsp3) is 0.750. The van der Waals surface area contributed by atoms with Gasteiger partial charge in [0.25, 0.3) is 5.91 Å². The van der Waals surface area contributed by atoms with Crippen molar-refractivity contribution in [1.82, 2.24) is 20.4 Å². The average molecular weight is 288 g/mol. The molecule has 2 fully saturated rings. The minimum Gasteiger partial charge on any atom is -0.334 e. The maximum Gasteiger partial charge on any atom is 0.274 e. The summed E-state index contributed by atoms with van der Waals surface area (Å²) < 4.78 is 0. The first-order valence-corrected chi connectivity index (χ1v) is 8.42. The summed E-state index contributed by atoms with van der Waals surface area (Å²) in [6.07, 6.45) is 8.49. The predicted octanol–water partition coefficient (Wildman–Crippen LogP) is 1.85. The van der Waals surface area contributed by atoms with Crippen molar-refractivity contribution < 1.29 is 4.79 Å². The van der Waals surface area contributed by atoms with Gasteiger partial charge in [-0.1, -0.05) is 12.8 Å². The van der Waals surface area contributed by atoms with Crippen molar-refractivity contribution in [3.05, 3.63) is 17.0 Å². The SMILES string of the molecule is O=C(c1n[nH]c2c1CNCC2)N1CCCC2CCCCC21. The summed E-state index contributed by atoms with van der Waals surface area (Å²) in [5.74, 6) is 0.886. The normalized spacial score (nSPS) is 28.9. The molecular weight excluding hydrogens is 264 g/mol. The number of hydrogen-bond acceptors (Lipinski definition) is 3. The molecule has 114 valence electrons. The molecule has 1 amide bonds. The number of likely N-dealkylation sites (tertiary alicyclic amines) is 1. The monoisotopic (exact) mass is 288 g/mol. The maximum absolute atomic E-state index is 13.0. The van der Waals surface area contributed by atoms with E-state index in [9.17, 15) is 4.79 Å². The van der Waals surface area contributed by atoms with Crippen LogP contribution >= 0.6 is 0 Å². The number of piperidine rings is 1. The Balaban J connectivity index is 1.60. The van der Waals surface area contributed by atoms with E-state index in [1.807, 2.05) is 0 Å². The highest BCUT2D eigenvalue weighted by Crippen LogP contribution is 2.36. The number of H-pyrrole nitrogens is 1. The van der Waals surface area contributed by atoms with Gasteiger partial charge in [0.2, 0.25) is 0 Å². The van der Waals surface area contributed by atoms with Crippen molar-refractivity contribution in [2.45, 2.75) is 57.5 Å². The summed E-state index contributed by atoms with van der Waals surface area (Å²) in [6.45, 7) is 2.65. The second kappa shape index (κ2) is 5.44. The van der Waals surface area contributed by atoms with Crippen LogP contribution in [0.25, 0.3) is 0 Å². The molecule has 0 aromatic carbocycles. The van der Waals surface area contributed by atoms with Gasteiger partial charge in [-0.15, -0.1) is 0 Å². The van der Waals surface area contributed by atoms with Crippen LogP contribution in [0.3, 0.4) is 0 Å². The van der Waals surface area contributed by atoms with E-state index < -0.39 is 0 Å². The highest BCUT2D eigenvalue weighted by Gasteiger charge is 2.37. The molecule has 2 unspecified atom stereocenters. The van der Waals surface area contributed by atoms with Gasteiger partial charge in [0.05, 0.1) is 0 Å². The summed E-state index contributed by atoms with van der Waals surface area (Å²) >= 11 is 0. The summed E-state index contributed by atoms with van der Waals surface area (Å²) in [5, 5.41) is 10.8. The minimum atomic E-state index is 0.160. The van der Waals surface area contributed by atoms with Gasteiger partial charge in [-0.2, -0.15) is 5.10 Å². The molecule has 0 spiro atoms. The minimum absolute atomic E-state index is 0.160. The number of carbonyl (C=O) groups is 1. The standard InChI is InChI=1S/C16H24N4O/c21-16(15-12-10-17-8-7-13(12)18-19-15)20-9-3-5-11-4-1-2-6-14(11)20/h11,14,17H,1-10H2,(H,18,19). The Morgan fingerprint density at radius 1 is 1.19 bits per heavy atom. The molecule has 1 saturated heterocycles. The first-order valence-electron chi connectivity index (χ1n) is 8.42. The van der Waals surface area contributed by atoms with Crippen LogP contribution in [-0.4, -0.2) is 40.1 Å². The molecule has 3 aliphatic rings. The Hall–Kier alpha value is -1.36. The number of amides is 1. The van der Waals surface area contributed by atoms with E-state index in [2.05, 4.69) is 20.4 Å². The Morgan fingerprint density at radius 3 is 3.00 bits per heavy atom. The molecule has 2 aliphatic heterocycles. The van der Waals surface area contributed by atoms with E-state index in [1.54, 1.807) is 0 Å². The lowest BCUT2D eigenvalue weighted by Crippen LogP contribution is -2.50. The summed E-state index contributed by atoms with van der Waals surface area (Å²) in [7, 11) is 0. The molecule has 0 bridgehead atoms. The van der Waals surface area contributed by atoms with Gasteiger partial charge in [0.1, 0.15) is 0 Å². The van der Waals surface area contributed by atoms with Gasteiger partial charge in [0, 0.05) is 43.4 Å². The van der Waals surface area contributed by atoms with Gasteiger partial charge < -0.3 is 10.2 Å². The number of carbonyl (C=O) groups excluding carboxylic acids is 1. The highest BCUT2D eigenvalue weighted by atomic mass is 16.2. The van der Waals surface area contributed by atoms with Crippen molar-refractivity contribution in [2.75, 3.05) is 13.1 Å². The fourth-order valence-electron chi connectivity index (χ4n) is 4.42. The number of nitrogens with one attached hydrogen (secondary N) is 2. The van der Waals surface area contributed by atoms with Gasteiger partial charge in [0.15, 0.2) is 5.69 Å². The zero-order valence-electron chi connectivity index (χ0n) is 12.5. The zero-order valence-corrected chi connectivity index (χ0v) is 12.5. The molecule has 2 N–H and O–H groups in total. The fourth-order valence-corrected chi connectivity index (χ4v) is 4.42. The summed E-state index contributed by atoms with van der Waals surface area (Å²) in [5.41, 5.74) is 2.92. The van der Waals surface area contributed by atoms with E-state index in [0.29, 0.717) is 11.7 Å². The largest absolute Gasteiger partial charge is 0.334 e. The van der Waals surface area contributed by atoms with E-state index in [4.69, 9.17) is 0 Å². The lowest BCUT2D eigenvalue weighted by atomic mass is 9.78. The smallest absolute Gasteiger partial charge is 0.274 e. The van der Waals surface area contributed by atoms with Gasteiger partial charge in [-0.25, -0.2) is 0 Å². The lowest BCUT2D eigenvalue weighted by molar-refractivity contribution is 0.0384. The molecule has 5 heteroatoms. The molecule has 1 aromatic rings. The van der Waals surface area contributed by atoms with E-state index >= 15 is 0 Å². The van der Waals surface area contributed by atoms with Crippen molar-refractivity contribution in [2.24, 2.45) is 5.92 Å². The number of hydrogen-bond donors (Lipinski definition) is 2. The molecule has 3 heterocycles. The summed E-state index contributed by atoms with van der Waals surface area (Å²) in [6, 6.07) is 0.462. The lowest BCUT2D eigenvalue weighted by Gasteiger charge is -2.44. The second-order valence-electron chi connectivity index (χ2n) is 6.71. The van der Waals surface area contributed by atoms with Gasteiger partial charge >= 0.3 is 0 Å². The summed E-state index contributed by atoms with van der Waals surface area (Å²) in [4.78, 5) is 15.1. The number of rotatable bonds is 1. The van der Waals surface area contributed by atoms with Gasteiger partial charge in [-0.3, -0.25) is 9.89 Å². The Labute approximate surface area is 125 Å². The zero-order chi connectivity index (χ0) is 14.2. The average Bonchev–Trinajstić information content (AvgIpc) is 2.98. The van der Waals surface area contributed by atoms with Crippen LogP contribution in [0, 0.1) is 5.92 Å². The van der Waals surface area contributed by atoms with Crippen LogP contribution in [0.4, 0.5) is 0 Å². The van der Waals surface area contributed by atoms with E-state index in [0.717, 1.165) is 49.7 Å². The number of aromatic nitrogens is 2. The first kappa shape index (κ1) is 13.3. The topological polar surface area (TPSA) is 61.0 Å². The van der Waals surface area contributed by atoms with Crippen LogP contribution in [0.2, 0.25) is 0 Å². The maximum atomic E-state index is 13.0. The van der Waals surface area contributed by atoms with Crippen molar-refractivity contribution in [3.63, 3.8) is 0 Å². The highest BCUT2D eigenvalue weighted by molar-refractivity contribution is 5.94. The third-order valence-electron chi connectivity index (χ3n) is 5.51. The Bertz CT molecular complexity index is 536. The van der Waals surface area contributed by atoms with E-state index in [1.165, 1.54) is 32.1 Å². The predicted molar refractivity (Wildman–Crippen MR) is 80.0 cm³/mol. The van der Waals surface area contributed by atoms with Crippen molar-refractivity contribution in [3.8, 4) is 0 Å².